The van der Waals surface area contributed by atoms with Crippen LogP contribution in [0, 0.1) is 5.92 Å². The van der Waals surface area contributed by atoms with Crippen molar-refractivity contribution in [2.45, 2.75) is 39.2 Å². The van der Waals surface area contributed by atoms with Gasteiger partial charge >= 0.3 is 0 Å². The summed E-state index contributed by atoms with van der Waals surface area (Å²) >= 11 is 1.31. The van der Waals surface area contributed by atoms with Crippen LogP contribution >= 0.6 is 11.3 Å². The number of carbonyl (C=O) groups is 1. The van der Waals surface area contributed by atoms with E-state index in [1.54, 1.807) is 0 Å². The molecule has 0 radical (unpaired) electrons. The summed E-state index contributed by atoms with van der Waals surface area (Å²) in [6.45, 7) is 4.81. The Balaban J connectivity index is 1.99. The minimum absolute atomic E-state index is 0.103. The number of hydrogen-bond acceptors (Lipinski definition) is 5. The maximum Gasteiger partial charge on any atom is 0.265 e. The Morgan fingerprint density at radius 3 is 2.89 bits per heavy atom. The standard InChI is InChI=1S/C12H20N4OS/c1-3-14-12-16-10(13)9(18-12)11(17)15-7(2)8-5-4-6-8/h7-8H,3-6,13H2,1-2H3,(H,14,16)(H,15,17). The molecule has 1 saturated carbocycles. The van der Waals surface area contributed by atoms with E-state index in [0.717, 1.165) is 6.54 Å². The second-order valence-electron chi connectivity index (χ2n) is 4.72. The van der Waals surface area contributed by atoms with Crippen molar-refractivity contribution >= 4 is 28.2 Å². The Kier molecular flexibility index (Phi) is 4.06. The fourth-order valence-electron chi connectivity index (χ4n) is 2.05. The lowest BCUT2D eigenvalue weighted by molar-refractivity contribution is 0.0914. The summed E-state index contributed by atoms with van der Waals surface area (Å²) in [6.07, 6.45) is 3.70. The van der Waals surface area contributed by atoms with Gasteiger partial charge in [-0.1, -0.05) is 17.8 Å². The summed E-state index contributed by atoms with van der Waals surface area (Å²) in [5.74, 6) is 0.833. The third-order valence-corrected chi connectivity index (χ3v) is 4.43. The van der Waals surface area contributed by atoms with Crippen molar-refractivity contribution in [3.8, 4) is 0 Å². The monoisotopic (exact) mass is 268 g/mol. The molecule has 4 N–H and O–H groups in total. The van der Waals surface area contributed by atoms with E-state index in [4.69, 9.17) is 5.73 Å². The Labute approximate surface area is 111 Å². The average Bonchev–Trinajstić information content (AvgIpc) is 2.57. The van der Waals surface area contributed by atoms with Gasteiger partial charge in [-0.3, -0.25) is 4.79 Å². The smallest absolute Gasteiger partial charge is 0.265 e. The molecule has 0 bridgehead atoms. The van der Waals surface area contributed by atoms with Crippen molar-refractivity contribution in [3.05, 3.63) is 4.88 Å². The molecule has 1 atom stereocenters. The molecule has 0 aromatic carbocycles. The van der Waals surface area contributed by atoms with E-state index >= 15 is 0 Å². The molecule has 1 aromatic heterocycles. The van der Waals surface area contributed by atoms with Crippen LogP contribution in [-0.2, 0) is 0 Å². The Morgan fingerprint density at radius 2 is 2.33 bits per heavy atom. The van der Waals surface area contributed by atoms with Crippen LogP contribution in [0.4, 0.5) is 10.9 Å². The minimum Gasteiger partial charge on any atom is -0.382 e. The van der Waals surface area contributed by atoms with Gasteiger partial charge in [0, 0.05) is 12.6 Å². The first-order valence-electron chi connectivity index (χ1n) is 6.42. The number of thiazole rings is 1. The number of aromatic nitrogens is 1. The van der Waals surface area contributed by atoms with Crippen LogP contribution in [0.15, 0.2) is 0 Å². The van der Waals surface area contributed by atoms with Crippen LogP contribution in [0.2, 0.25) is 0 Å². The fraction of sp³-hybridized carbons (Fsp3) is 0.667. The summed E-state index contributed by atoms with van der Waals surface area (Å²) in [5.41, 5.74) is 5.77. The highest BCUT2D eigenvalue weighted by Gasteiger charge is 2.26. The third-order valence-electron chi connectivity index (χ3n) is 3.40. The minimum atomic E-state index is -0.103. The molecule has 1 fully saturated rings. The van der Waals surface area contributed by atoms with Crippen molar-refractivity contribution < 1.29 is 4.79 Å². The van der Waals surface area contributed by atoms with Crippen molar-refractivity contribution in [2.24, 2.45) is 5.92 Å². The van der Waals surface area contributed by atoms with Crippen molar-refractivity contribution in [3.63, 3.8) is 0 Å². The van der Waals surface area contributed by atoms with Gasteiger partial charge in [0.15, 0.2) is 5.13 Å². The summed E-state index contributed by atoms with van der Waals surface area (Å²) in [7, 11) is 0. The van der Waals surface area contributed by atoms with E-state index in [9.17, 15) is 4.79 Å². The molecule has 0 spiro atoms. The molecule has 1 heterocycles. The van der Waals surface area contributed by atoms with Crippen LogP contribution < -0.4 is 16.4 Å². The molecule has 5 nitrogen and oxygen atoms in total. The molecule has 100 valence electrons. The zero-order chi connectivity index (χ0) is 13.1. The second kappa shape index (κ2) is 5.56. The maximum atomic E-state index is 12.1. The fourth-order valence-corrected chi connectivity index (χ4v) is 2.91. The SMILES string of the molecule is CCNc1nc(N)c(C(=O)NC(C)C2CCC2)s1. The Morgan fingerprint density at radius 1 is 1.61 bits per heavy atom. The number of rotatable bonds is 5. The molecule has 6 heteroatoms. The predicted octanol–water partition coefficient (Wildman–Crippen LogP) is 2.08. The van der Waals surface area contributed by atoms with Crippen molar-refractivity contribution in [1.82, 2.24) is 10.3 Å². The number of anilines is 2. The van der Waals surface area contributed by atoms with Gasteiger partial charge in [0.1, 0.15) is 10.7 Å². The zero-order valence-corrected chi connectivity index (χ0v) is 11.6. The first-order valence-corrected chi connectivity index (χ1v) is 7.24. The van der Waals surface area contributed by atoms with Crippen LogP contribution in [0.5, 0.6) is 0 Å². The van der Waals surface area contributed by atoms with Crippen LogP contribution in [0.25, 0.3) is 0 Å². The molecule has 1 aliphatic carbocycles. The molecular weight excluding hydrogens is 248 g/mol. The number of nitrogen functional groups attached to an aromatic ring is 1. The number of amides is 1. The van der Waals surface area contributed by atoms with E-state index in [-0.39, 0.29) is 11.9 Å². The summed E-state index contributed by atoms with van der Waals surface area (Å²) in [6, 6.07) is 0.218. The molecule has 0 saturated heterocycles. The number of hydrogen-bond donors (Lipinski definition) is 3. The third kappa shape index (κ3) is 2.75. The summed E-state index contributed by atoms with van der Waals surface area (Å²) < 4.78 is 0. The summed E-state index contributed by atoms with van der Waals surface area (Å²) in [5, 5.41) is 6.79. The molecule has 1 aromatic rings. The first kappa shape index (κ1) is 13.1. The van der Waals surface area contributed by atoms with Gasteiger partial charge in [-0.2, -0.15) is 0 Å². The van der Waals surface area contributed by atoms with Crippen molar-refractivity contribution in [1.29, 1.82) is 0 Å². The first-order chi connectivity index (χ1) is 8.61. The van der Waals surface area contributed by atoms with Gasteiger partial charge in [0.2, 0.25) is 0 Å². The highest BCUT2D eigenvalue weighted by Crippen LogP contribution is 2.30. The average molecular weight is 268 g/mol. The van der Waals surface area contributed by atoms with E-state index < -0.39 is 0 Å². The Hall–Kier alpha value is -1.30. The Bertz CT molecular complexity index is 428. The molecular formula is C12H20N4OS. The van der Waals surface area contributed by atoms with E-state index in [2.05, 4.69) is 22.5 Å². The van der Waals surface area contributed by atoms with Crippen molar-refractivity contribution in [2.75, 3.05) is 17.6 Å². The number of nitrogens with zero attached hydrogens (tertiary/aromatic N) is 1. The number of carbonyl (C=O) groups excluding carboxylic acids is 1. The lowest BCUT2D eigenvalue weighted by atomic mass is 9.80. The number of nitrogens with one attached hydrogen (secondary N) is 2. The highest BCUT2D eigenvalue weighted by molar-refractivity contribution is 7.18. The van der Waals surface area contributed by atoms with Gasteiger partial charge in [0.25, 0.3) is 5.91 Å². The molecule has 1 aliphatic rings. The van der Waals surface area contributed by atoms with Crippen LogP contribution in [-0.4, -0.2) is 23.5 Å². The van der Waals surface area contributed by atoms with Gasteiger partial charge in [-0.15, -0.1) is 0 Å². The molecule has 18 heavy (non-hydrogen) atoms. The lowest BCUT2D eigenvalue weighted by Gasteiger charge is -2.31. The largest absolute Gasteiger partial charge is 0.382 e. The van der Waals surface area contributed by atoms with E-state index in [0.29, 0.717) is 21.7 Å². The molecule has 1 unspecified atom stereocenters. The maximum absolute atomic E-state index is 12.1. The van der Waals surface area contributed by atoms with Gasteiger partial charge in [-0.25, -0.2) is 4.98 Å². The highest BCUT2D eigenvalue weighted by atomic mass is 32.1. The topological polar surface area (TPSA) is 80.0 Å². The van der Waals surface area contributed by atoms with Gasteiger partial charge < -0.3 is 16.4 Å². The summed E-state index contributed by atoms with van der Waals surface area (Å²) in [4.78, 5) is 16.7. The van der Waals surface area contributed by atoms with Gasteiger partial charge in [0.05, 0.1) is 0 Å². The zero-order valence-electron chi connectivity index (χ0n) is 10.8. The van der Waals surface area contributed by atoms with Gasteiger partial charge in [-0.05, 0) is 32.6 Å². The quantitative estimate of drug-likeness (QED) is 0.763. The van der Waals surface area contributed by atoms with Crippen LogP contribution in [0.1, 0.15) is 42.8 Å². The van der Waals surface area contributed by atoms with E-state index in [1.807, 2.05) is 6.92 Å². The predicted molar refractivity (Wildman–Crippen MR) is 75.0 cm³/mol. The second-order valence-corrected chi connectivity index (χ2v) is 5.72. The van der Waals surface area contributed by atoms with Crippen LogP contribution in [0.3, 0.4) is 0 Å². The van der Waals surface area contributed by atoms with E-state index in [1.165, 1.54) is 30.6 Å². The molecule has 2 rings (SSSR count). The number of nitrogens with two attached hydrogens (primary N) is 1. The lowest BCUT2D eigenvalue weighted by Crippen LogP contribution is -2.40. The molecule has 0 aliphatic heterocycles. The molecule has 1 amide bonds. The normalized spacial score (nSPS) is 17.0.